The van der Waals surface area contributed by atoms with E-state index in [9.17, 15) is 4.79 Å². The van der Waals surface area contributed by atoms with Gasteiger partial charge in [-0.25, -0.2) is 4.98 Å². The summed E-state index contributed by atoms with van der Waals surface area (Å²) in [5, 5.41) is 11.3. The molecule has 7 heteroatoms. The maximum Gasteiger partial charge on any atom is 0.269 e. The highest BCUT2D eigenvalue weighted by molar-refractivity contribution is 5.92. The number of hydrogen-bond donors (Lipinski definition) is 1. The first-order chi connectivity index (χ1) is 9.97. The Bertz CT molecular complexity index is 613. The summed E-state index contributed by atoms with van der Waals surface area (Å²) in [7, 11) is 3.63. The van der Waals surface area contributed by atoms with Gasteiger partial charge in [-0.05, 0) is 18.4 Å². The van der Waals surface area contributed by atoms with E-state index in [0.717, 1.165) is 17.9 Å². The summed E-state index contributed by atoms with van der Waals surface area (Å²) in [4.78, 5) is 16.3. The first-order valence-electron chi connectivity index (χ1n) is 7.11. The zero-order chi connectivity index (χ0) is 15.4. The molecular formula is C14H22N6O. The van der Waals surface area contributed by atoms with Crippen molar-refractivity contribution in [2.75, 3.05) is 6.54 Å². The van der Waals surface area contributed by atoms with Crippen molar-refractivity contribution < 1.29 is 4.79 Å². The van der Waals surface area contributed by atoms with Crippen molar-refractivity contribution in [1.29, 1.82) is 0 Å². The molecule has 2 aromatic rings. The predicted molar refractivity (Wildman–Crippen MR) is 78.8 cm³/mol. The third-order valence-electron chi connectivity index (χ3n) is 3.22. The fourth-order valence-electron chi connectivity index (χ4n) is 2.18. The SMILES string of the molecule is CC(C)Cc1cc(C(=O)NCCc2ncnn2C)n(C)n1. The molecule has 1 N–H and O–H groups in total. The van der Waals surface area contributed by atoms with Gasteiger partial charge in [0, 0.05) is 27.1 Å². The minimum atomic E-state index is -0.109. The Morgan fingerprint density at radius 2 is 2.10 bits per heavy atom. The highest BCUT2D eigenvalue weighted by Crippen LogP contribution is 2.08. The molecule has 2 rings (SSSR count). The summed E-state index contributed by atoms with van der Waals surface area (Å²) < 4.78 is 3.34. The second-order valence-corrected chi connectivity index (χ2v) is 5.55. The molecule has 0 saturated carbocycles. The van der Waals surface area contributed by atoms with Crippen molar-refractivity contribution in [3.63, 3.8) is 0 Å². The van der Waals surface area contributed by atoms with Crippen LogP contribution in [0, 0.1) is 5.92 Å². The fraction of sp³-hybridized carbons (Fsp3) is 0.571. The lowest BCUT2D eigenvalue weighted by atomic mass is 10.1. The molecule has 0 unspecified atom stereocenters. The molecule has 0 bridgehead atoms. The number of rotatable bonds is 6. The van der Waals surface area contributed by atoms with Crippen molar-refractivity contribution >= 4 is 5.91 Å². The van der Waals surface area contributed by atoms with E-state index in [1.54, 1.807) is 16.4 Å². The third kappa shape index (κ3) is 3.90. The number of hydrogen-bond acceptors (Lipinski definition) is 4. The maximum atomic E-state index is 12.2. The number of nitrogens with zero attached hydrogens (tertiary/aromatic N) is 5. The van der Waals surface area contributed by atoms with Gasteiger partial charge in [-0.3, -0.25) is 14.2 Å². The number of aryl methyl sites for hydroxylation is 2. The number of amides is 1. The van der Waals surface area contributed by atoms with Crippen LogP contribution in [0.4, 0.5) is 0 Å². The highest BCUT2D eigenvalue weighted by Gasteiger charge is 2.13. The van der Waals surface area contributed by atoms with Crippen LogP contribution in [-0.2, 0) is 26.9 Å². The van der Waals surface area contributed by atoms with Gasteiger partial charge in [0.05, 0.1) is 5.69 Å². The van der Waals surface area contributed by atoms with Gasteiger partial charge in [0.25, 0.3) is 5.91 Å². The van der Waals surface area contributed by atoms with E-state index in [1.165, 1.54) is 6.33 Å². The molecule has 2 aromatic heterocycles. The molecule has 0 radical (unpaired) electrons. The molecule has 0 aliphatic rings. The standard InChI is InChI=1S/C14H22N6O/c1-10(2)7-11-8-12(19(3)18-11)14(21)15-6-5-13-16-9-17-20(13)4/h8-10H,5-7H2,1-4H3,(H,15,21). The summed E-state index contributed by atoms with van der Waals surface area (Å²) in [5.41, 5.74) is 1.54. The Hall–Kier alpha value is -2.18. The van der Waals surface area contributed by atoms with E-state index < -0.39 is 0 Å². The van der Waals surface area contributed by atoms with Crippen LogP contribution in [0.2, 0.25) is 0 Å². The maximum absolute atomic E-state index is 12.2. The van der Waals surface area contributed by atoms with Crippen LogP contribution in [0.15, 0.2) is 12.4 Å². The Balaban J connectivity index is 1.91. The number of aromatic nitrogens is 5. The third-order valence-corrected chi connectivity index (χ3v) is 3.22. The molecule has 0 saturated heterocycles. The molecule has 21 heavy (non-hydrogen) atoms. The van der Waals surface area contributed by atoms with Gasteiger partial charge in [0.15, 0.2) is 0 Å². The van der Waals surface area contributed by atoms with E-state index in [0.29, 0.717) is 24.6 Å². The average molecular weight is 290 g/mol. The zero-order valence-corrected chi connectivity index (χ0v) is 13.0. The van der Waals surface area contributed by atoms with Crippen molar-refractivity contribution in [3.05, 3.63) is 29.6 Å². The van der Waals surface area contributed by atoms with E-state index in [1.807, 2.05) is 13.1 Å². The smallest absolute Gasteiger partial charge is 0.269 e. The molecule has 7 nitrogen and oxygen atoms in total. The first kappa shape index (κ1) is 15.2. The second kappa shape index (κ2) is 6.51. The molecule has 114 valence electrons. The van der Waals surface area contributed by atoms with Crippen LogP contribution in [0.5, 0.6) is 0 Å². The monoisotopic (exact) mass is 290 g/mol. The zero-order valence-electron chi connectivity index (χ0n) is 13.0. The van der Waals surface area contributed by atoms with Gasteiger partial charge in [-0.15, -0.1) is 0 Å². The van der Waals surface area contributed by atoms with Crippen molar-refractivity contribution in [2.45, 2.75) is 26.7 Å². The summed E-state index contributed by atoms with van der Waals surface area (Å²) in [5.74, 6) is 1.26. The molecule has 2 heterocycles. The number of carbonyl (C=O) groups is 1. The lowest BCUT2D eigenvalue weighted by Gasteiger charge is -2.04. The van der Waals surface area contributed by atoms with E-state index in [2.05, 4.69) is 34.3 Å². The normalized spacial score (nSPS) is 11.1. The topological polar surface area (TPSA) is 77.6 Å². The molecule has 1 amide bonds. The summed E-state index contributed by atoms with van der Waals surface area (Å²) >= 11 is 0. The minimum Gasteiger partial charge on any atom is -0.350 e. The number of carbonyl (C=O) groups excluding carboxylic acids is 1. The van der Waals surface area contributed by atoms with E-state index in [4.69, 9.17) is 0 Å². The Morgan fingerprint density at radius 1 is 1.33 bits per heavy atom. The van der Waals surface area contributed by atoms with Gasteiger partial charge in [-0.1, -0.05) is 13.8 Å². The highest BCUT2D eigenvalue weighted by atomic mass is 16.2. The Kier molecular flexibility index (Phi) is 4.72. The van der Waals surface area contributed by atoms with Crippen LogP contribution >= 0.6 is 0 Å². The summed E-state index contributed by atoms with van der Waals surface area (Å²) in [6, 6.07) is 1.86. The molecule has 0 spiro atoms. The molecule has 0 aromatic carbocycles. The predicted octanol–water partition coefficient (Wildman–Crippen LogP) is 0.720. The first-order valence-corrected chi connectivity index (χ1v) is 7.11. The summed E-state index contributed by atoms with van der Waals surface area (Å²) in [6.07, 6.45) is 3.04. The van der Waals surface area contributed by atoms with Gasteiger partial charge < -0.3 is 5.32 Å². The molecular weight excluding hydrogens is 268 g/mol. The number of nitrogens with one attached hydrogen (secondary N) is 1. The fourth-order valence-corrected chi connectivity index (χ4v) is 2.18. The molecule has 0 aliphatic carbocycles. The quantitative estimate of drug-likeness (QED) is 0.850. The molecule has 0 atom stereocenters. The lowest BCUT2D eigenvalue weighted by Crippen LogP contribution is -2.28. The van der Waals surface area contributed by atoms with Gasteiger partial charge in [0.2, 0.25) is 0 Å². The van der Waals surface area contributed by atoms with Gasteiger partial charge in [0.1, 0.15) is 17.8 Å². The van der Waals surface area contributed by atoms with Crippen LogP contribution in [-0.4, -0.2) is 37.0 Å². The van der Waals surface area contributed by atoms with E-state index in [-0.39, 0.29) is 5.91 Å². The molecule has 0 aliphatic heterocycles. The Labute approximate surface area is 124 Å². The Morgan fingerprint density at radius 3 is 2.71 bits per heavy atom. The minimum absolute atomic E-state index is 0.109. The van der Waals surface area contributed by atoms with Crippen molar-refractivity contribution in [1.82, 2.24) is 29.9 Å². The van der Waals surface area contributed by atoms with E-state index >= 15 is 0 Å². The lowest BCUT2D eigenvalue weighted by molar-refractivity contribution is 0.0944. The van der Waals surface area contributed by atoms with Crippen LogP contribution < -0.4 is 5.32 Å². The van der Waals surface area contributed by atoms with Crippen LogP contribution in [0.1, 0.15) is 35.9 Å². The summed E-state index contributed by atoms with van der Waals surface area (Å²) in [6.45, 7) is 4.79. The van der Waals surface area contributed by atoms with Gasteiger partial charge in [-0.2, -0.15) is 10.2 Å². The largest absolute Gasteiger partial charge is 0.350 e. The van der Waals surface area contributed by atoms with Crippen LogP contribution in [0.25, 0.3) is 0 Å². The average Bonchev–Trinajstić information content (AvgIpc) is 2.95. The van der Waals surface area contributed by atoms with Crippen molar-refractivity contribution in [2.24, 2.45) is 20.0 Å². The van der Waals surface area contributed by atoms with Crippen LogP contribution in [0.3, 0.4) is 0 Å². The second-order valence-electron chi connectivity index (χ2n) is 5.55. The van der Waals surface area contributed by atoms with Crippen molar-refractivity contribution in [3.8, 4) is 0 Å². The molecule has 0 fully saturated rings. The van der Waals surface area contributed by atoms with Gasteiger partial charge >= 0.3 is 0 Å².